The number of rotatable bonds is 7. The van der Waals surface area contributed by atoms with Crippen LogP contribution in [0.15, 0.2) is 30.3 Å². The monoisotopic (exact) mass is 319 g/mol. The highest BCUT2D eigenvalue weighted by Gasteiger charge is 2.17. The number of carbonyl (C=O) groups is 1. The van der Waals surface area contributed by atoms with Gasteiger partial charge in [-0.15, -0.1) is 0 Å². The molecule has 2 unspecified atom stereocenters. The Kier molecular flexibility index (Phi) is 7.36. The van der Waals surface area contributed by atoms with Crippen LogP contribution in [0.3, 0.4) is 0 Å². The van der Waals surface area contributed by atoms with Crippen molar-refractivity contribution in [1.82, 2.24) is 15.5 Å². The first-order valence-corrected chi connectivity index (χ1v) is 8.59. The molecule has 1 aliphatic rings. The molecule has 0 aromatic heterocycles. The summed E-state index contributed by atoms with van der Waals surface area (Å²) in [5.41, 5.74) is 1.27. The Morgan fingerprint density at radius 2 is 1.83 bits per heavy atom. The van der Waals surface area contributed by atoms with Gasteiger partial charge in [-0.1, -0.05) is 37.3 Å². The minimum atomic E-state index is -0.0838. The van der Waals surface area contributed by atoms with Gasteiger partial charge in [-0.25, -0.2) is 4.79 Å². The Morgan fingerprint density at radius 1 is 1.17 bits per heavy atom. The molecule has 2 amide bonds. The van der Waals surface area contributed by atoms with Gasteiger partial charge in [0.1, 0.15) is 0 Å². The van der Waals surface area contributed by atoms with Gasteiger partial charge in [-0.05, 0) is 18.9 Å². The van der Waals surface area contributed by atoms with Crippen LogP contribution in [0.25, 0.3) is 0 Å². The predicted octanol–water partition coefficient (Wildman–Crippen LogP) is 2.20. The van der Waals surface area contributed by atoms with Crippen molar-refractivity contribution in [1.29, 1.82) is 0 Å². The number of hydrogen-bond acceptors (Lipinski definition) is 3. The van der Waals surface area contributed by atoms with Crippen molar-refractivity contribution in [2.24, 2.45) is 0 Å². The van der Waals surface area contributed by atoms with Crippen LogP contribution in [-0.4, -0.2) is 56.4 Å². The lowest BCUT2D eigenvalue weighted by Gasteiger charge is -2.32. The number of morpholine rings is 1. The Balaban J connectivity index is 1.69. The van der Waals surface area contributed by atoms with Crippen molar-refractivity contribution < 1.29 is 9.53 Å². The molecule has 0 saturated carbocycles. The molecule has 128 valence electrons. The third kappa shape index (κ3) is 5.84. The van der Waals surface area contributed by atoms with E-state index in [4.69, 9.17) is 4.74 Å². The fourth-order valence-corrected chi connectivity index (χ4v) is 2.89. The normalized spacial score (nSPS) is 18.2. The zero-order valence-corrected chi connectivity index (χ0v) is 14.3. The second-order valence-corrected chi connectivity index (χ2v) is 6.10. The number of urea groups is 1. The summed E-state index contributed by atoms with van der Waals surface area (Å²) in [5, 5.41) is 5.98. The lowest BCUT2D eigenvalue weighted by Crippen LogP contribution is -2.49. The van der Waals surface area contributed by atoms with Crippen LogP contribution in [0.5, 0.6) is 0 Å². The molecule has 0 spiro atoms. The summed E-state index contributed by atoms with van der Waals surface area (Å²) in [6.45, 7) is 9.07. The molecule has 0 radical (unpaired) electrons. The third-order valence-electron chi connectivity index (χ3n) is 4.50. The van der Waals surface area contributed by atoms with Crippen molar-refractivity contribution in [2.45, 2.75) is 32.2 Å². The molecular weight excluding hydrogens is 290 g/mol. The maximum atomic E-state index is 12.0. The molecule has 2 atom stereocenters. The number of nitrogens with one attached hydrogen (secondary N) is 2. The Bertz CT molecular complexity index is 461. The number of benzene rings is 1. The van der Waals surface area contributed by atoms with Gasteiger partial charge in [0.05, 0.1) is 13.2 Å². The van der Waals surface area contributed by atoms with Gasteiger partial charge >= 0.3 is 6.03 Å². The Hall–Kier alpha value is -1.59. The van der Waals surface area contributed by atoms with Crippen LogP contribution in [0.1, 0.15) is 31.7 Å². The van der Waals surface area contributed by atoms with Crippen LogP contribution in [0.2, 0.25) is 0 Å². The maximum absolute atomic E-state index is 12.0. The van der Waals surface area contributed by atoms with Crippen LogP contribution >= 0.6 is 0 Å². The number of amides is 2. The summed E-state index contributed by atoms with van der Waals surface area (Å²) in [6, 6.07) is 10.6. The molecule has 1 aliphatic heterocycles. The summed E-state index contributed by atoms with van der Waals surface area (Å²) < 4.78 is 5.35. The molecule has 5 nitrogen and oxygen atoms in total. The molecule has 1 aromatic carbocycles. The van der Waals surface area contributed by atoms with Crippen molar-refractivity contribution in [3.63, 3.8) is 0 Å². The summed E-state index contributed by atoms with van der Waals surface area (Å²) in [4.78, 5) is 14.4. The largest absolute Gasteiger partial charge is 0.379 e. The minimum Gasteiger partial charge on any atom is -0.379 e. The van der Waals surface area contributed by atoms with Crippen molar-refractivity contribution >= 4 is 6.03 Å². The van der Waals surface area contributed by atoms with E-state index in [9.17, 15) is 4.79 Å². The average molecular weight is 319 g/mol. The van der Waals surface area contributed by atoms with E-state index >= 15 is 0 Å². The topological polar surface area (TPSA) is 53.6 Å². The van der Waals surface area contributed by atoms with Crippen LogP contribution in [0, 0.1) is 0 Å². The molecule has 0 bridgehead atoms. The molecule has 2 rings (SSSR count). The van der Waals surface area contributed by atoms with E-state index in [1.165, 1.54) is 5.56 Å². The minimum absolute atomic E-state index is 0.0838. The van der Waals surface area contributed by atoms with Gasteiger partial charge in [0, 0.05) is 38.1 Å². The highest BCUT2D eigenvalue weighted by molar-refractivity contribution is 5.73. The maximum Gasteiger partial charge on any atom is 0.314 e. The molecular formula is C18H29N3O2. The van der Waals surface area contributed by atoms with E-state index in [1.54, 1.807) is 0 Å². The van der Waals surface area contributed by atoms with Gasteiger partial charge in [0.25, 0.3) is 0 Å². The van der Waals surface area contributed by atoms with E-state index < -0.39 is 0 Å². The predicted molar refractivity (Wildman–Crippen MR) is 92.7 cm³/mol. The highest BCUT2D eigenvalue weighted by Crippen LogP contribution is 2.17. The molecule has 23 heavy (non-hydrogen) atoms. The Morgan fingerprint density at radius 3 is 2.48 bits per heavy atom. The third-order valence-corrected chi connectivity index (χ3v) is 4.50. The van der Waals surface area contributed by atoms with Gasteiger partial charge in [0.15, 0.2) is 0 Å². The fourth-order valence-electron chi connectivity index (χ4n) is 2.89. The quantitative estimate of drug-likeness (QED) is 0.810. The number of ether oxygens (including phenoxy) is 1. The molecule has 1 saturated heterocycles. The summed E-state index contributed by atoms with van der Waals surface area (Å²) in [5.74, 6) is 0.360. The van der Waals surface area contributed by atoms with Gasteiger partial charge in [0.2, 0.25) is 0 Å². The van der Waals surface area contributed by atoms with Gasteiger partial charge in [-0.3, -0.25) is 4.90 Å². The van der Waals surface area contributed by atoms with E-state index in [1.807, 2.05) is 18.2 Å². The van der Waals surface area contributed by atoms with E-state index in [0.717, 1.165) is 32.7 Å². The van der Waals surface area contributed by atoms with Crippen molar-refractivity contribution in [2.75, 3.05) is 39.4 Å². The fraction of sp³-hybridized carbons (Fsp3) is 0.611. The molecule has 5 heteroatoms. The number of nitrogens with zero attached hydrogens (tertiary/aromatic N) is 1. The lowest BCUT2D eigenvalue weighted by atomic mass is 9.97. The van der Waals surface area contributed by atoms with Crippen LogP contribution < -0.4 is 10.6 Å². The van der Waals surface area contributed by atoms with Gasteiger partial charge < -0.3 is 15.4 Å². The molecule has 2 N–H and O–H groups in total. The first-order valence-electron chi connectivity index (χ1n) is 8.59. The van der Waals surface area contributed by atoms with Crippen LogP contribution in [-0.2, 0) is 4.74 Å². The summed E-state index contributed by atoms with van der Waals surface area (Å²) in [7, 11) is 0. The second-order valence-electron chi connectivity index (χ2n) is 6.10. The molecule has 1 aromatic rings. The van der Waals surface area contributed by atoms with Gasteiger partial charge in [-0.2, -0.15) is 0 Å². The second kappa shape index (κ2) is 9.53. The first kappa shape index (κ1) is 17.8. The zero-order valence-electron chi connectivity index (χ0n) is 14.3. The van der Waals surface area contributed by atoms with Crippen molar-refractivity contribution in [3.05, 3.63) is 35.9 Å². The summed E-state index contributed by atoms with van der Waals surface area (Å²) in [6.07, 6.45) is 1.01. The molecule has 0 aliphatic carbocycles. The first-order chi connectivity index (χ1) is 11.2. The number of hydrogen-bond donors (Lipinski definition) is 2. The van der Waals surface area contributed by atoms with Crippen LogP contribution in [0.4, 0.5) is 4.79 Å². The number of carbonyl (C=O) groups excluding carboxylic acids is 1. The van der Waals surface area contributed by atoms with E-state index in [-0.39, 0.29) is 6.03 Å². The zero-order chi connectivity index (χ0) is 16.5. The smallest absolute Gasteiger partial charge is 0.314 e. The molecule has 1 fully saturated rings. The molecule has 1 heterocycles. The highest BCUT2D eigenvalue weighted by atomic mass is 16.5. The van der Waals surface area contributed by atoms with E-state index in [0.29, 0.717) is 25.0 Å². The Labute approximate surface area is 139 Å². The summed E-state index contributed by atoms with van der Waals surface area (Å²) >= 11 is 0. The average Bonchev–Trinajstić information content (AvgIpc) is 2.62. The lowest BCUT2D eigenvalue weighted by molar-refractivity contribution is 0.0209. The van der Waals surface area contributed by atoms with Crippen molar-refractivity contribution in [3.8, 4) is 0 Å². The van der Waals surface area contributed by atoms with E-state index in [2.05, 4.69) is 41.5 Å². The standard InChI is InChI=1S/C18H29N3O2/c1-3-16(17-7-5-4-6-8-17)14-20-18(22)19-13-15(2)21-9-11-23-12-10-21/h4-8,15-16H,3,9-14H2,1-2H3,(H2,19,20,22). The SMILES string of the molecule is CCC(CNC(=O)NCC(C)N1CCOCC1)c1ccccc1.